The molecule has 4 unspecified atom stereocenters. The standard InChI is InChI=1S/C23H22ClNO4/c1-13-4-6-14(7-5-13)20-19-21(26)17-11-15(24)8-9-18(17)29-22(19)23(27)25(20)12-16-3-2-10-28-16/h2-7,10,15,17-18,20H,8-9,11-12H2,1H3. The molecule has 29 heavy (non-hydrogen) atoms. The molecule has 0 spiro atoms. The number of hydrogen-bond acceptors (Lipinski definition) is 4. The minimum atomic E-state index is -0.479. The van der Waals surface area contributed by atoms with Gasteiger partial charge in [0.1, 0.15) is 11.9 Å². The van der Waals surface area contributed by atoms with E-state index in [9.17, 15) is 9.59 Å². The van der Waals surface area contributed by atoms with Crippen LogP contribution in [0.15, 0.2) is 58.4 Å². The quantitative estimate of drug-likeness (QED) is 0.706. The first-order valence-corrected chi connectivity index (χ1v) is 10.5. The number of fused-ring (bicyclic) bond motifs is 1. The van der Waals surface area contributed by atoms with Gasteiger partial charge in [0.15, 0.2) is 11.5 Å². The Hall–Kier alpha value is -2.53. The van der Waals surface area contributed by atoms with Crippen molar-refractivity contribution in [1.29, 1.82) is 0 Å². The molecule has 1 aliphatic carbocycles. The number of hydrogen-bond donors (Lipinski definition) is 0. The first kappa shape index (κ1) is 18.5. The van der Waals surface area contributed by atoms with Crippen LogP contribution in [0.1, 0.15) is 42.2 Å². The number of benzene rings is 1. The van der Waals surface area contributed by atoms with Crippen molar-refractivity contribution in [2.75, 3.05) is 0 Å². The summed E-state index contributed by atoms with van der Waals surface area (Å²) in [4.78, 5) is 28.5. The van der Waals surface area contributed by atoms with Gasteiger partial charge in [0.25, 0.3) is 5.91 Å². The second-order valence-corrected chi connectivity index (χ2v) is 8.72. The van der Waals surface area contributed by atoms with Crippen molar-refractivity contribution >= 4 is 23.3 Å². The van der Waals surface area contributed by atoms with Crippen molar-refractivity contribution in [2.24, 2.45) is 5.92 Å². The zero-order valence-electron chi connectivity index (χ0n) is 16.1. The van der Waals surface area contributed by atoms with Crippen molar-refractivity contribution in [2.45, 2.75) is 50.3 Å². The van der Waals surface area contributed by atoms with Crippen molar-refractivity contribution in [3.05, 3.63) is 70.9 Å². The zero-order valence-corrected chi connectivity index (χ0v) is 16.9. The molecule has 6 heteroatoms. The highest BCUT2D eigenvalue weighted by Gasteiger charge is 2.52. The number of Topliss-reactive ketones (excluding diaryl/α,β-unsaturated/α-hetero) is 1. The van der Waals surface area contributed by atoms with Crippen molar-refractivity contribution < 1.29 is 18.7 Å². The van der Waals surface area contributed by atoms with Crippen LogP contribution in [0, 0.1) is 12.8 Å². The summed E-state index contributed by atoms with van der Waals surface area (Å²) in [5, 5.41) is -0.0277. The summed E-state index contributed by atoms with van der Waals surface area (Å²) < 4.78 is 11.6. The van der Waals surface area contributed by atoms with Gasteiger partial charge in [0.05, 0.1) is 30.3 Å². The molecule has 0 saturated heterocycles. The summed E-state index contributed by atoms with van der Waals surface area (Å²) in [6, 6.07) is 11.1. The molecule has 1 aromatic heterocycles. The molecular weight excluding hydrogens is 390 g/mol. The molecule has 0 N–H and O–H groups in total. The molecule has 1 aromatic carbocycles. The van der Waals surface area contributed by atoms with E-state index in [-0.39, 0.29) is 41.4 Å². The van der Waals surface area contributed by atoms with Crippen molar-refractivity contribution in [3.63, 3.8) is 0 Å². The first-order chi connectivity index (χ1) is 14.0. The van der Waals surface area contributed by atoms with E-state index in [2.05, 4.69) is 0 Å². The fourth-order valence-corrected chi connectivity index (χ4v) is 5.01. The largest absolute Gasteiger partial charge is 0.483 e. The molecule has 4 atom stereocenters. The zero-order chi connectivity index (χ0) is 20.1. The lowest BCUT2D eigenvalue weighted by molar-refractivity contribution is -0.135. The third kappa shape index (κ3) is 3.08. The summed E-state index contributed by atoms with van der Waals surface area (Å²) in [7, 11) is 0. The van der Waals surface area contributed by atoms with E-state index in [1.54, 1.807) is 17.2 Å². The second-order valence-electron chi connectivity index (χ2n) is 8.11. The number of ketones is 1. The van der Waals surface area contributed by atoms with Gasteiger partial charge in [0.2, 0.25) is 0 Å². The van der Waals surface area contributed by atoms with Gasteiger partial charge in [-0.25, -0.2) is 0 Å². The van der Waals surface area contributed by atoms with Crippen LogP contribution in [0.4, 0.5) is 0 Å². The minimum Gasteiger partial charge on any atom is -0.483 e. The van der Waals surface area contributed by atoms with Gasteiger partial charge in [-0.15, -0.1) is 11.6 Å². The number of furan rings is 1. The number of nitrogens with zero attached hydrogens (tertiary/aromatic N) is 1. The third-order valence-corrected chi connectivity index (χ3v) is 6.57. The maximum absolute atomic E-state index is 13.5. The lowest BCUT2D eigenvalue weighted by Crippen LogP contribution is -2.41. The Labute approximate surface area is 174 Å². The molecule has 0 radical (unpaired) electrons. The van der Waals surface area contributed by atoms with Gasteiger partial charge in [-0.2, -0.15) is 0 Å². The monoisotopic (exact) mass is 411 g/mol. The fraction of sp³-hybridized carbons (Fsp3) is 0.391. The lowest BCUT2D eigenvalue weighted by Gasteiger charge is -2.37. The Bertz CT molecular complexity index is 979. The summed E-state index contributed by atoms with van der Waals surface area (Å²) in [5.41, 5.74) is 2.49. The van der Waals surface area contributed by atoms with Gasteiger partial charge < -0.3 is 14.1 Å². The molecule has 0 bridgehead atoms. The van der Waals surface area contributed by atoms with Crippen LogP contribution < -0.4 is 0 Å². The van der Waals surface area contributed by atoms with E-state index in [0.29, 0.717) is 24.2 Å². The Morgan fingerprint density at radius 2 is 1.93 bits per heavy atom. The molecule has 1 saturated carbocycles. The van der Waals surface area contributed by atoms with E-state index in [1.807, 2.05) is 37.3 Å². The fourth-order valence-electron chi connectivity index (χ4n) is 4.69. The van der Waals surface area contributed by atoms with Crippen molar-refractivity contribution in [3.8, 4) is 0 Å². The van der Waals surface area contributed by atoms with Gasteiger partial charge >= 0.3 is 0 Å². The number of alkyl halides is 1. The minimum absolute atomic E-state index is 0.00229. The van der Waals surface area contributed by atoms with Crippen LogP contribution in [0.5, 0.6) is 0 Å². The molecule has 2 aliphatic heterocycles. The molecule has 1 amide bonds. The maximum Gasteiger partial charge on any atom is 0.290 e. The molecule has 2 aromatic rings. The van der Waals surface area contributed by atoms with Gasteiger partial charge in [-0.1, -0.05) is 29.8 Å². The number of carbonyl (C=O) groups is 2. The highest BCUT2D eigenvalue weighted by molar-refractivity contribution is 6.21. The summed E-state index contributed by atoms with van der Waals surface area (Å²) in [6.07, 6.45) is 3.41. The Morgan fingerprint density at radius 3 is 2.66 bits per heavy atom. The van der Waals surface area contributed by atoms with E-state index in [1.165, 1.54) is 0 Å². The van der Waals surface area contributed by atoms with Gasteiger partial charge in [-0.3, -0.25) is 9.59 Å². The lowest BCUT2D eigenvalue weighted by atomic mass is 9.77. The third-order valence-electron chi connectivity index (χ3n) is 6.18. The number of rotatable bonds is 3. The molecule has 150 valence electrons. The first-order valence-electron chi connectivity index (χ1n) is 10.0. The summed E-state index contributed by atoms with van der Waals surface area (Å²) in [5.74, 6) is 0.348. The Morgan fingerprint density at radius 1 is 1.14 bits per heavy atom. The van der Waals surface area contributed by atoms with E-state index >= 15 is 0 Å². The molecular formula is C23H22ClNO4. The Balaban J connectivity index is 1.58. The average Bonchev–Trinajstić information content (AvgIpc) is 3.32. The smallest absolute Gasteiger partial charge is 0.290 e. The Kier molecular flexibility index (Phi) is 4.50. The molecule has 5 rings (SSSR count). The molecule has 1 fully saturated rings. The molecule has 3 heterocycles. The maximum atomic E-state index is 13.5. The van der Waals surface area contributed by atoms with Crippen LogP contribution in [0.3, 0.4) is 0 Å². The van der Waals surface area contributed by atoms with Crippen LogP contribution >= 0.6 is 11.6 Å². The van der Waals surface area contributed by atoms with Crippen molar-refractivity contribution in [1.82, 2.24) is 4.90 Å². The summed E-state index contributed by atoms with van der Waals surface area (Å²) >= 11 is 6.35. The van der Waals surface area contributed by atoms with Crippen LogP contribution in [-0.4, -0.2) is 28.1 Å². The van der Waals surface area contributed by atoms with E-state index in [0.717, 1.165) is 17.5 Å². The topological polar surface area (TPSA) is 59.8 Å². The normalized spacial score (nSPS) is 29.0. The number of ether oxygens (including phenoxy) is 1. The van der Waals surface area contributed by atoms with Crippen LogP contribution in [-0.2, 0) is 20.9 Å². The number of amides is 1. The summed E-state index contributed by atoms with van der Waals surface area (Å²) in [6.45, 7) is 2.29. The predicted octanol–water partition coefficient (Wildman–Crippen LogP) is 4.30. The molecule has 5 nitrogen and oxygen atoms in total. The van der Waals surface area contributed by atoms with Gasteiger partial charge in [0, 0.05) is 5.38 Å². The predicted molar refractivity (Wildman–Crippen MR) is 107 cm³/mol. The van der Waals surface area contributed by atoms with E-state index in [4.69, 9.17) is 20.8 Å². The van der Waals surface area contributed by atoms with Gasteiger partial charge in [-0.05, 0) is 43.9 Å². The second kappa shape index (κ2) is 7.06. The number of carbonyl (C=O) groups excluding carboxylic acids is 2. The molecule has 3 aliphatic rings. The van der Waals surface area contributed by atoms with E-state index < -0.39 is 6.04 Å². The average molecular weight is 412 g/mol. The highest BCUT2D eigenvalue weighted by atomic mass is 35.5. The number of halogens is 1. The highest BCUT2D eigenvalue weighted by Crippen LogP contribution is 2.47. The van der Waals surface area contributed by atoms with Crippen LogP contribution in [0.2, 0.25) is 0 Å². The SMILES string of the molecule is Cc1ccc(C2C3=C(OC4CCC(Cl)CC4C3=O)C(=O)N2Cc2ccco2)cc1. The van der Waals surface area contributed by atoms with Crippen LogP contribution in [0.25, 0.3) is 0 Å². The number of aryl methyl sites for hydroxylation is 1.